The van der Waals surface area contributed by atoms with Gasteiger partial charge in [0.1, 0.15) is 0 Å². The highest BCUT2D eigenvalue weighted by atomic mass is 32.2. The lowest BCUT2D eigenvalue weighted by Gasteiger charge is -2.12. The van der Waals surface area contributed by atoms with Gasteiger partial charge in [0.2, 0.25) is 0 Å². The van der Waals surface area contributed by atoms with E-state index in [0.29, 0.717) is 6.54 Å². The maximum atomic E-state index is 11.8. The van der Waals surface area contributed by atoms with Crippen molar-refractivity contribution >= 4 is 17.7 Å². The summed E-state index contributed by atoms with van der Waals surface area (Å²) in [6, 6.07) is 10.6. The average molecular weight is 288 g/mol. The highest BCUT2D eigenvalue weighted by Gasteiger charge is 2.23. The number of benzene rings is 1. The number of hydrogen-bond donors (Lipinski definition) is 1. The van der Waals surface area contributed by atoms with Gasteiger partial charge in [-0.15, -0.1) is 11.8 Å². The fraction of sp³-hybridized carbons (Fsp3) is 0.214. The topological polar surface area (TPSA) is 72.2 Å². The summed E-state index contributed by atoms with van der Waals surface area (Å²) in [7, 11) is 0. The zero-order valence-electron chi connectivity index (χ0n) is 10.5. The van der Waals surface area contributed by atoms with Gasteiger partial charge in [0.15, 0.2) is 5.69 Å². The summed E-state index contributed by atoms with van der Waals surface area (Å²) in [5.41, 5.74) is 0.819. The standard InChI is InChI=1S/C14H12N2O3S/c17-13-6-5-11(14(18)19)15-16(13)7-9-8-20-12-4-2-1-3-10(9)12/h1-6,9H,7-8H2,(H,18,19). The van der Waals surface area contributed by atoms with Gasteiger partial charge in [-0.3, -0.25) is 4.79 Å². The van der Waals surface area contributed by atoms with Crippen molar-refractivity contribution in [1.82, 2.24) is 9.78 Å². The SMILES string of the molecule is O=C(O)c1ccc(=O)n(CC2CSc3ccccc32)n1. The van der Waals surface area contributed by atoms with Crippen molar-refractivity contribution in [3.8, 4) is 0 Å². The molecule has 6 heteroatoms. The van der Waals surface area contributed by atoms with Crippen LogP contribution in [0.2, 0.25) is 0 Å². The van der Waals surface area contributed by atoms with Crippen molar-refractivity contribution in [2.75, 3.05) is 5.75 Å². The number of thioether (sulfide) groups is 1. The summed E-state index contributed by atoms with van der Waals surface area (Å²) in [6.45, 7) is 0.407. The summed E-state index contributed by atoms with van der Waals surface area (Å²) >= 11 is 1.75. The van der Waals surface area contributed by atoms with Gasteiger partial charge in [-0.2, -0.15) is 5.10 Å². The van der Waals surface area contributed by atoms with Gasteiger partial charge >= 0.3 is 5.97 Å². The lowest BCUT2D eigenvalue weighted by molar-refractivity contribution is 0.0687. The molecule has 1 aromatic heterocycles. The largest absolute Gasteiger partial charge is 0.476 e. The smallest absolute Gasteiger partial charge is 0.356 e. The Balaban J connectivity index is 1.91. The van der Waals surface area contributed by atoms with E-state index in [0.717, 1.165) is 5.75 Å². The first kappa shape index (κ1) is 12.9. The number of aromatic carboxylic acids is 1. The first-order valence-electron chi connectivity index (χ1n) is 6.18. The fourth-order valence-electron chi connectivity index (χ4n) is 2.28. The average Bonchev–Trinajstić information content (AvgIpc) is 2.84. The molecule has 0 fully saturated rings. The van der Waals surface area contributed by atoms with Crippen LogP contribution < -0.4 is 5.56 Å². The minimum absolute atomic E-state index is 0.108. The zero-order valence-corrected chi connectivity index (χ0v) is 11.3. The van der Waals surface area contributed by atoms with Gasteiger partial charge in [0.25, 0.3) is 5.56 Å². The highest BCUT2D eigenvalue weighted by molar-refractivity contribution is 7.99. The molecular formula is C14H12N2O3S. The van der Waals surface area contributed by atoms with E-state index in [1.807, 2.05) is 18.2 Å². The molecule has 0 saturated carbocycles. The zero-order chi connectivity index (χ0) is 14.1. The van der Waals surface area contributed by atoms with E-state index in [9.17, 15) is 9.59 Å². The lowest BCUT2D eigenvalue weighted by atomic mass is 10.0. The van der Waals surface area contributed by atoms with Crippen LogP contribution in [0.15, 0.2) is 46.1 Å². The Morgan fingerprint density at radius 3 is 2.95 bits per heavy atom. The maximum absolute atomic E-state index is 11.8. The van der Waals surface area contributed by atoms with Crippen molar-refractivity contribution in [3.63, 3.8) is 0 Å². The Labute approximate surface area is 119 Å². The molecule has 0 aliphatic carbocycles. The predicted octanol–water partition coefficient (Wildman–Crippen LogP) is 1.83. The second-order valence-electron chi connectivity index (χ2n) is 4.59. The summed E-state index contributed by atoms with van der Waals surface area (Å²) in [5.74, 6) is -0.0597. The van der Waals surface area contributed by atoms with Crippen LogP contribution >= 0.6 is 11.8 Å². The van der Waals surface area contributed by atoms with E-state index < -0.39 is 5.97 Å². The quantitative estimate of drug-likeness (QED) is 0.933. The molecule has 1 atom stereocenters. The summed E-state index contributed by atoms with van der Waals surface area (Å²) in [5, 5.41) is 12.8. The lowest BCUT2D eigenvalue weighted by Crippen LogP contribution is -2.27. The van der Waals surface area contributed by atoms with E-state index >= 15 is 0 Å². The first-order chi connectivity index (χ1) is 9.65. The number of aromatic nitrogens is 2. The van der Waals surface area contributed by atoms with Crippen LogP contribution in [0.25, 0.3) is 0 Å². The van der Waals surface area contributed by atoms with Crippen LogP contribution in [-0.2, 0) is 6.54 Å². The molecule has 2 heterocycles. The molecule has 0 radical (unpaired) electrons. The minimum atomic E-state index is -1.13. The molecule has 1 aliphatic heterocycles. The normalized spacial score (nSPS) is 16.9. The number of fused-ring (bicyclic) bond motifs is 1. The van der Waals surface area contributed by atoms with Crippen molar-refractivity contribution in [2.45, 2.75) is 17.4 Å². The van der Waals surface area contributed by atoms with E-state index in [-0.39, 0.29) is 17.2 Å². The Morgan fingerprint density at radius 1 is 1.35 bits per heavy atom. The van der Waals surface area contributed by atoms with E-state index in [4.69, 9.17) is 5.11 Å². The van der Waals surface area contributed by atoms with Crippen LogP contribution in [0, 0.1) is 0 Å². The number of carboxylic acids is 1. The van der Waals surface area contributed by atoms with Gasteiger partial charge in [0, 0.05) is 22.6 Å². The van der Waals surface area contributed by atoms with Crippen molar-refractivity contribution in [2.24, 2.45) is 0 Å². The third-order valence-corrected chi connectivity index (χ3v) is 4.53. The number of carboxylic acid groups (broad SMARTS) is 1. The van der Waals surface area contributed by atoms with E-state index in [2.05, 4.69) is 11.2 Å². The summed E-state index contributed by atoms with van der Waals surface area (Å²) in [4.78, 5) is 23.9. The van der Waals surface area contributed by atoms with Gasteiger partial charge in [-0.1, -0.05) is 18.2 Å². The van der Waals surface area contributed by atoms with Gasteiger partial charge in [0.05, 0.1) is 6.54 Å². The molecule has 20 heavy (non-hydrogen) atoms. The molecule has 102 valence electrons. The Morgan fingerprint density at radius 2 is 2.15 bits per heavy atom. The van der Waals surface area contributed by atoms with Crippen LogP contribution in [-0.4, -0.2) is 26.6 Å². The molecular weight excluding hydrogens is 276 g/mol. The van der Waals surface area contributed by atoms with Crippen LogP contribution in [0.1, 0.15) is 22.0 Å². The van der Waals surface area contributed by atoms with Gasteiger partial charge < -0.3 is 5.11 Å². The Hall–Kier alpha value is -2.08. The summed E-state index contributed by atoms with van der Waals surface area (Å²) < 4.78 is 1.25. The third kappa shape index (κ3) is 2.34. The molecule has 0 saturated heterocycles. The summed E-state index contributed by atoms with van der Waals surface area (Å²) in [6.07, 6.45) is 0. The molecule has 2 aromatic rings. The molecule has 3 rings (SSSR count). The molecule has 0 spiro atoms. The Kier molecular flexibility index (Phi) is 3.31. The van der Waals surface area contributed by atoms with Crippen molar-refractivity contribution in [1.29, 1.82) is 0 Å². The monoisotopic (exact) mass is 288 g/mol. The van der Waals surface area contributed by atoms with Crippen molar-refractivity contribution in [3.05, 3.63) is 58.0 Å². The van der Waals surface area contributed by atoms with Crippen LogP contribution in [0.3, 0.4) is 0 Å². The van der Waals surface area contributed by atoms with Crippen LogP contribution in [0.4, 0.5) is 0 Å². The molecule has 1 N–H and O–H groups in total. The predicted molar refractivity (Wildman–Crippen MR) is 75.4 cm³/mol. The molecule has 0 amide bonds. The van der Waals surface area contributed by atoms with Gasteiger partial charge in [-0.25, -0.2) is 9.48 Å². The van der Waals surface area contributed by atoms with E-state index in [1.54, 1.807) is 11.8 Å². The third-order valence-electron chi connectivity index (χ3n) is 3.28. The van der Waals surface area contributed by atoms with Crippen LogP contribution in [0.5, 0.6) is 0 Å². The van der Waals surface area contributed by atoms with E-state index in [1.165, 1.54) is 27.3 Å². The van der Waals surface area contributed by atoms with Crippen molar-refractivity contribution < 1.29 is 9.90 Å². The fourth-order valence-corrected chi connectivity index (χ4v) is 3.52. The second-order valence-corrected chi connectivity index (χ2v) is 5.65. The molecule has 1 aromatic carbocycles. The molecule has 1 unspecified atom stereocenters. The maximum Gasteiger partial charge on any atom is 0.356 e. The number of nitrogens with zero attached hydrogens (tertiary/aromatic N) is 2. The minimum Gasteiger partial charge on any atom is -0.476 e. The Bertz CT molecular complexity index is 726. The number of hydrogen-bond acceptors (Lipinski definition) is 4. The first-order valence-corrected chi connectivity index (χ1v) is 7.17. The van der Waals surface area contributed by atoms with Gasteiger partial charge in [-0.05, 0) is 17.7 Å². The number of carbonyl (C=O) groups is 1. The molecule has 0 bridgehead atoms. The highest BCUT2D eigenvalue weighted by Crippen LogP contribution is 2.39. The second kappa shape index (κ2) is 5.13. The molecule has 1 aliphatic rings. The number of rotatable bonds is 3. The molecule has 5 nitrogen and oxygen atoms in total.